The first-order valence-electron chi connectivity index (χ1n) is 10.9. The number of alkyl halides is 3. The van der Waals surface area contributed by atoms with E-state index >= 15 is 0 Å². The zero-order valence-electron chi connectivity index (χ0n) is 18.4. The van der Waals surface area contributed by atoms with E-state index in [4.69, 9.17) is 0 Å². The Morgan fingerprint density at radius 2 is 1.84 bits per heavy atom. The van der Waals surface area contributed by atoms with Gasteiger partial charge in [0.25, 0.3) is 0 Å². The topological polar surface area (TPSA) is 76.0 Å². The number of hydrogen-bond donors (Lipinski definition) is 2. The molecule has 0 bridgehead atoms. The Hall–Kier alpha value is -2.84. The molecule has 1 aliphatic rings. The highest BCUT2D eigenvalue weighted by atomic mass is 19.4. The monoisotopic (exact) mass is 450 g/mol. The lowest BCUT2D eigenvalue weighted by Gasteiger charge is -2.22. The van der Waals surface area contributed by atoms with Crippen LogP contribution < -0.4 is 10.6 Å². The van der Waals surface area contributed by atoms with Gasteiger partial charge in [0.2, 0.25) is 11.8 Å². The van der Waals surface area contributed by atoms with E-state index in [0.29, 0.717) is 17.0 Å². The lowest BCUT2D eigenvalue weighted by atomic mass is 9.95. The number of aromatic nitrogens is 2. The van der Waals surface area contributed by atoms with E-state index in [1.807, 2.05) is 0 Å². The Kier molecular flexibility index (Phi) is 7.58. The second-order valence-electron chi connectivity index (χ2n) is 8.29. The highest BCUT2D eigenvalue weighted by Crippen LogP contribution is 2.31. The van der Waals surface area contributed by atoms with Gasteiger partial charge in [-0.15, -0.1) is 0 Å². The van der Waals surface area contributed by atoms with Crippen LogP contribution in [0, 0.1) is 13.8 Å². The number of rotatable bonds is 7. The molecule has 2 aromatic rings. The lowest BCUT2D eigenvalue weighted by Crippen LogP contribution is -2.38. The summed E-state index contributed by atoms with van der Waals surface area (Å²) in [6, 6.07) is 5.16. The molecule has 3 rings (SSSR count). The Bertz CT molecular complexity index is 963. The molecule has 0 aliphatic heterocycles. The van der Waals surface area contributed by atoms with Crippen molar-refractivity contribution in [3.8, 4) is 5.69 Å². The summed E-state index contributed by atoms with van der Waals surface area (Å²) in [5.41, 5.74) is 1.36. The summed E-state index contributed by atoms with van der Waals surface area (Å²) < 4.78 is 40.5. The number of hydrogen-bond acceptors (Lipinski definition) is 3. The molecule has 32 heavy (non-hydrogen) atoms. The van der Waals surface area contributed by atoms with Crippen molar-refractivity contribution in [2.45, 2.75) is 71.0 Å². The number of nitrogens with zero attached hydrogens (tertiary/aromatic N) is 2. The minimum absolute atomic E-state index is 0.0425. The van der Waals surface area contributed by atoms with Crippen LogP contribution in [0.3, 0.4) is 0 Å². The van der Waals surface area contributed by atoms with Gasteiger partial charge in [-0.25, -0.2) is 4.68 Å². The molecule has 1 saturated carbocycles. The van der Waals surface area contributed by atoms with Crippen molar-refractivity contribution in [1.82, 2.24) is 20.4 Å². The van der Waals surface area contributed by atoms with Crippen LogP contribution in [0.15, 0.2) is 24.3 Å². The van der Waals surface area contributed by atoms with Crippen LogP contribution in [0.5, 0.6) is 0 Å². The Morgan fingerprint density at radius 3 is 2.53 bits per heavy atom. The SMILES string of the molecule is Cc1nn(-c2cccc(C(F)(F)F)c2)c(C)c1CC(=O)NCCC(=O)NC1CCCCC1. The maximum Gasteiger partial charge on any atom is 0.416 e. The van der Waals surface area contributed by atoms with Crippen molar-refractivity contribution in [2.75, 3.05) is 6.54 Å². The quantitative estimate of drug-likeness (QED) is 0.669. The molecule has 174 valence electrons. The van der Waals surface area contributed by atoms with Gasteiger partial charge in [0.1, 0.15) is 0 Å². The molecular weight excluding hydrogens is 421 g/mol. The first kappa shape index (κ1) is 23.8. The van der Waals surface area contributed by atoms with Crippen LogP contribution in [-0.4, -0.2) is 34.2 Å². The van der Waals surface area contributed by atoms with Gasteiger partial charge in [-0.3, -0.25) is 9.59 Å². The molecule has 1 aromatic heterocycles. The predicted octanol–water partition coefficient (Wildman–Crippen LogP) is 4.01. The van der Waals surface area contributed by atoms with Gasteiger partial charge < -0.3 is 10.6 Å². The van der Waals surface area contributed by atoms with E-state index in [0.717, 1.165) is 37.8 Å². The zero-order valence-corrected chi connectivity index (χ0v) is 18.4. The molecule has 1 fully saturated rings. The van der Waals surface area contributed by atoms with E-state index in [2.05, 4.69) is 15.7 Å². The Balaban J connectivity index is 1.57. The van der Waals surface area contributed by atoms with Crippen LogP contribution in [0.2, 0.25) is 0 Å². The molecule has 0 saturated heterocycles. The highest BCUT2D eigenvalue weighted by molar-refractivity contribution is 5.81. The smallest absolute Gasteiger partial charge is 0.355 e. The van der Waals surface area contributed by atoms with E-state index in [-0.39, 0.29) is 42.9 Å². The van der Waals surface area contributed by atoms with Crippen LogP contribution in [0.25, 0.3) is 5.69 Å². The largest absolute Gasteiger partial charge is 0.416 e. The Morgan fingerprint density at radius 1 is 1.12 bits per heavy atom. The normalized spacial score (nSPS) is 14.9. The zero-order chi connectivity index (χ0) is 23.3. The van der Waals surface area contributed by atoms with Crippen molar-refractivity contribution in [2.24, 2.45) is 0 Å². The number of carbonyl (C=O) groups is 2. The number of halogens is 3. The molecule has 6 nitrogen and oxygen atoms in total. The van der Waals surface area contributed by atoms with Crippen molar-refractivity contribution in [1.29, 1.82) is 0 Å². The van der Waals surface area contributed by atoms with Crippen molar-refractivity contribution in [3.63, 3.8) is 0 Å². The second-order valence-corrected chi connectivity index (χ2v) is 8.29. The van der Waals surface area contributed by atoms with Gasteiger partial charge in [0.05, 0.1) is 23.4 Å². The van der Waals surface area contributed by atoms with Crippen LogP contribution in [0.1, 0.15) is 61.0 Å². The standard InChI is InChI=1S/C23H29F3N4O2/c1-15-20(14-22(32)27-12-11-21(31)28-18-8-4-3-5-9-18)16(2)30(29-15)19-10-6-7-17(13-19)23(24,25)26/h6-7,10,13,18H,3-5,8-9,11-12,14H2,1-2H3,(H,27,32)(H,28,31). The predicted molar refractivity (Wildman–Crippen MR) is 114 cm³/mol. The maximum atomic E-state index is 13.0. The molecule has 0 radical (unpaired) electrons. The minimum atomic E-state index is -4.45. The average Bonchev–Trinajstić information content (AvgIpc) is 3.02. The summed E-state index contributed by atoms with van der Waals surface area (Å²) in [4.78, 5) is 24.5. The first-order chi connectivity index (χ1) is 15.1. The summed E-state index contributed by atoms with van der Waals surface area (Å²) in [6.07, 6.45) is 1.30. The summed E-state index contributed by atoms with van der Waals surface area (Å²) in [7, 11) is 0. The van der Waals surface area contributed by atoms with E-state index < -0.39 is 11.7 Å². The van der Waals surface area contributed by atoms with Crippen molar-refractivity contribution >= 4 is 11.8 Å². The fourth-order valence-corrected chi connectivity index (χ4v) is 4.08. The van der Waals surface area contributed by atoms with Crippen molar-refractivity contribution in [3.05, 3.63) is 46.8 Å². The third-order valence-electron chi connectivity index (χ3n) is 5.84. The molecule has 0 unspecified atom stereocenters. The van der Waals surface area contributed by atoms with Crippen LogP contribution in [-0.2, 0) is 22.2 Å². The average molecular weight is 451 g/mol. The van der Waals surface area contributed by atoms with Gasteiger partial charge in [-0.1, -0.05) is 25.3 Å². The number of nitrogens with one attached hydrogen (secondary N) is 2. The summed E-state index contributed by atoms with van der Waals surface area (Å²) in [5, 5.41) is 10.1. The van der Waals surface area contributed by atoms with E-state index in [9.17, 15) is 22.8 Å². The second kappa shape index (κ2) is 10.2. The van der Waals surface area contributed by atoms with Gasteiger partial charge in [0, 0.05) is 30.3 Å². The summed E-state index contributed by atoms with van der Waals surface area (Å²) in [5.74, 6) is -0.327. The van der Waals surface area contributed by atoms with Crippen LogP contribution >= 0.6 is 0 Å². The minimum Gasteiger partial charge on any atom is -0.355 e. The number of amides is 2. The van der Waals surface area contributed by atoms with Gasteiger partial charge in [-0.2, -0.15) is 18.3 Å². The van der Waals surface area contributed by atoms with Gasteiger partial charge >= 0.3 is 6.18 Å². The maximum absolute atomic E-state index is 13.0. The Labute approximate surface area is 185 Å². The van der Waals surface area contributed by atoms with Crippen molar-refractivity contribution < 1.29 is 22.8 Å². The van der Waals surface area contributed by atoms with E-state index in [1.54, 1.807) is 19.9 Å². The lowest BCUT2D eigenvalue weighted by molar-refractivity contribution is -0.137. The first-order valence-corrected chi connectivity index (χ1v) is 10.9. The molecule has 9 heteroatoms. The fourth-order valence-electron chi connectivity index (χ4n) is 4.08. The molecule has 1 heterocycles. The number of carbonyl (C=O) groups excluding carboxylic acids is 2. The third-order valence-corrected chi connectivity index (χ3v) is 5.84. The molecule has 2 amide bonds. The molecule has 0 atom stereocenters. The number of benzene rings is 1. The molecule has 0 spiro atoms. The summed E-state index contributed by atoms with van der Waals surface area (Å²) >= 11 is 0. The summed E-state index contributed by atoms with van der Waals surface area (Å²) in [6.45, 7) is 3.68. The molecule has 1 aliphatic carbocycles. The number of aryl methyl sites for hydroxylation is 1. The highest BCUT2D eigenvalue weighted by Gasteiger charge is 2.30. The van der Waals surface area contributed by atoms with E-state index in [1.165, 1.54) is 17.2 Å². The molecule has 2 N–H and O–H groups in total. The van der Waals surface area contributed by atoms with Crippen LogP contribution in [0.4, 0.5) is 13.2 Å². The fraction of sp³-hybridized carbons (Fsp3) is 0.522. The third kappa shape index (κ3) is 6.11. The molecular formula is C23H29F3N4O2. The van der Waals surface area contributed by atoms with Gasteiger partial charge in [-0.05, 0) is 44.9 Å². The van der Waals surface area contributed by atoms with Gasteiger partial charge in [0.15, 0.2) is 0 Å². The molecule has 1 aromatic carbocycles.